The molecule has 7 heteroatoms. The van der Waals surface area contributed by atoms with E-state index in [4.69, 9.17) is 16.7 Å². The number of halogens is 2. The number of carboxylic acids is 1. The number of carboxylic acid groups (broad SMARTS) is 1. The molecule has 5 nitrogen and oxygen atoms in total. The third kappa shape index (κ3) is 1.94. The maximum absolute atomic E-state index is 10.9. The van der Waals surface area contributed by atoms with Gasteiger partial charge in [0.05, 0.1) is 11.9 Å². The Bertz CT molecular complexity index is 555. The Morgan fingerprint density at radius 2 is 2.25 bits per heavy atom. The van der Waals surface area contributed by atoms with Crippen LogP contribution in [-0.4, -0.2) is 26.1 Å². The van der Waals surface area contributed by atoms with Gasteiger partial charge in [0.2, 0.25) is 0 Å². The molecule has 1 N–H and O–H groups in total. The van der Waals surface area contributed by atoms with Gasteiger partial charge < -0.3 is 5.11 Å². The summed E-state index contributed by atoms with van der Waals surface area (Å²) in [6, 6.07) is 5.00. The van der Waals surface area contributed by atoms with Gasteiger partial charge in [-0.3, -0.25) is 0 Å². The second-order valence-electron chi connectivity index (χ2n) is 2.93. The summed E-state index contributed by atoms with van der Waals surface area (Å²) >= 11 is 9.13. The molecule has 0 aliphatic rings. The second-order valence-corrected chi connectivity index (χ2v) is 4.22. The molecule has 0 unspecified atom stereocenters. The molecule has 16 heavy (non-hydrogen) atoms. The van der Waals surface area contributed by atoms with E-state index in [-0.39, 0.29) is 5.69 Å². The highest BCUT2D eigenvalue weighted by molar-refractivity contribution is 9.10. The summed E-state index contributed by atoms with van der Waals surface area (Å²) in [7, 11) is 0. The van der Waals surface area contributed by atoms with Crippen LogP contribution >= 0.6 is 27.5 Å². The van der Waals surface area contributed by atoms with E-state index in [9.17, 15) is 4.79 Å². The molecule has 2 aromatic rings. The van der Waals surface area contributed by atoms with E-state index in [0.717, 1.165) is 0 Å². The van der Waals surface area contributed by atoms with Gasteiger partial charge in [-0.25, -0.2) is 9.48 Å². The predicted molar refractivity (Wildman–Crippen MR) is 61.0 cm³/mol. The molecule has 0 saturated carbocycles. The molecule has 1 aromatic carbocycles. The van der Waals surface area contributed by atoms with Crippen molar-refractivity contribution in [2.24, 2.45) is 0 Å². The van der Waals surface area contributed by atoms with Crippen molar-refractivity contribution >= 4 is 33.5 Å². The summed E-state index contributed by atoms with van der Waals surface area (Å²) in [6.45, 7) is 0. The highest BCUT2D eigenvalue weighted by Crippen LogP contribution is 2.24. The topological polar surface area (TPSA) is 68.0 Å². The Balaban J connectivity index is 2.62. The summed E-state index contributed by atoms with van der Waals surface area (Å²) in [4.78, 5) is 10.9. The van der Waals surface area contributed by atoms with Crippen molar-refractivity contribution in [3.8, 4) is 5.69 Å². The number of nitrogens with zero attached hydrogens (tertiary/aromatic N) is 3. The molecule has 2 rings (SSSR count). The summed E-state index contributed by atoms with van der Waals surface area (Å²) in [5.41, 5.74) is 0.505. The zero-order valence-electron chi connectivity index (χ0n) is 7.76. The molecule has 82 valence electrons. The second kappa shape index (κ2) is 4.23. The van der Waals surface area contributed by atoms with Crippen LogP contribution in [0.4, 0.5) is 0 Å². The maximum Gasteiger partial charge on any atom is 0.356 e. The average molecular weight is 303 g/mol. The highest BCUT2D eigenvalue weighted by atomic mass is 79.9. The van der Waals surface area contributed by atoms with E-state index in [1.54, 1.807) is 18.2 Å². The first kappa shape index (κ1) is 11.1. The van der Waals surface area contributed by atoms with E-state index < -0.39 is 5.97 Å². The van der Waals surface area contributed by atoms with Gasteiger partial charge in [0.25, 0.3) is 0 Å². The molecule has 0 saturated heterocycles. The lowest BCUT2D eigenvalue weighted by atomic mass is 10.3. The molecule has 0 radical (unpaired) electrons. The summed E-state index contributed by atoms with van der Waals surface area (Å²) < 4.78 is 1.89. The number of rotatable bonds is 2. The van der Waals surface area contributed by atoms with Gasteiger partial charge in [-0.2, -0.15) is 0 Å². The minimum atomic E-state index is -1.10. The van der Waals surface area contributed by atoms with Crippen molar-refractivity contribution in [2.45, 2.75) is 0 Å². The van der Waals surface area contributed by atoms with E-state index in [2.05, 4.69) is 26.2 Å². The van der Waals surface area contributed by atoms with Crippen LogP contribution in [0.3, 0.4) is 0 Å². The van der Waals surface area contributed by atoms with Crippen LogP contribution in [0.15, 0.2) is 28.9 Å². The van der Waals surface area contributed by atoms with E-state index >= 15 is 0 Å². The molecular weight excluding hydrogens is 297 g/mol. The van der Waals surface area contributed by atoms with Crippen molar-refractivity contribution in [3.63, 3.8) is 0 Å². The molecule has 0 fully saturated rings. The van der Waals surface area contributed by atoms with Crippen molar-refractivity contribution < 1.29 is 9.90 Å². The molecule has 1 aromatic heterocycles. The quantitative estimate of drug-likeness (QED) is 0.925. The summed E-state index contributed by atoms with van der Waals surface area (Å²) in [6.07, 6.45) is 1.18. The predicted octanol–water partition coefficient (Wildman–Crippen LogP) is 2.38. The molecule has 0 aliphatic carbocycles. The average Bonchev–Trinajstić information content (AvgIpc) is 2.70. The summed E-state index contributed by atoms with van der Waals surface area (Å²) in [5.74, 6) is -1.10. The van der Waals surface area contributed by atoms with E-state index in [1.807, 2.05) is 0 Å². The van der Waals surface area contributed by atoms with Gasteiger partial charge in [-0.1, -0.05) is 16.8 Å². The number of benzene rings is 1. The van der Waals surface area contributed by atoms with E-state index in [1.165, 1.54) is 10.9 Å². The molecule has 0 aliphatic heterocycles. The fourth-order valence-corrected chi connectivity index (χ4v) is 1.79. The number of hydrogen-bond acceptors (Lipinski definition) is 3. The Hall–Kier alpha value is -1.40. The first-order valence-electron chi connectivity index (χ1n) is 4.19. The normalized spacial score (nSPS) is 10.4. The van der Waals surface area contributed by atoms with Gasteiger partial charge >= 0.3 is 5.97 Å². The lowest BCUT2D eigenvalue weighted by molar-refractivity contribution is 0.0687. The number of aromatic carboxylic acids is 1. The van der Waals surface area contributed by atoms with Gasteiger partial charge in [0, 0.05) is 9.50 Å². The molecule has 0 atom stereocenters. The summed E-state index contributed by atoms with van der Waals surface area (Å²) in [5, 5.41) is 16.7. The van der Waals surface area contributed by atoms with Gasteiger partial charge in [-0.15, -0.1) is 5.10 Å². The first-order chi connectivity index (χ1) is 7.59. The van der Waals surface area contributed by atoms with Crippen LogP contribution in [0, 0.1) is 0 Å². The van der Waals surface area contributed by atoms with Crippen LogP contribution in [0.25, 0.3) is 5.69 Å². The van der Waals surface area contributed by atoms with Crippen molar-refractivity contribution in [1.82, 2.24) is 15.0 Å². The molecule has 0 spiro atoms. The van der Waals surface area contributed by atoms with Crippen molar-refractivity contribution in [2.75, 3.05) is 0 Å². The van der Waals surface area contributed by atoms with Crippen molar-refractivity contribution in [3.05, 3.63) is 39.6 Å². The highest BCUT2D eigenvalue weighted by Gasteiger charge is 2.15. The van der Waals surface area contributed by atoms with Crippen LogP contribution in [0.5, 0.6) is 0 Å². The maximum atomic E-state index is 10.9. The molecule has 0 amide bonds. The molecule has 1 heterocycles. The minimum Gasteiger partial charge on any atom is -0.476 e. The Morgan fingerprint density at radius 1 is 1.50 bits per heavy atom. The Kier molecular flexibility index (Phi) is 2.93. The smallest absolute Gasteiger partial charge is 0.356 e. The Morgan fingerprint density at radius 3 is 2.94 bits per heavy atom. The monoisotopic (exact) mass is 301 g/mol. The van der Waals surface area contributed by atoms with Crippen LogP contribution in [-0.2, 0) is 0 Å². The van der Waals surface area contributed by atoms with Gasteiger partial charge in [-0.05, 0) is 34.1 Å². The first-order valence-corrected chi connectivity index (χ1v) is 5.36. The van der Waals surface area contributed by atoms with Crippen LogP contribution < -0.4 is 0 Å². The zero-order chi connectivity index (χ0) is 11.7. The van der Waals surface area contributed by atoms with Crippen molar-refractivity contribution in [1.29, 1.82) is 0 Å². The largest absolute Gasteiger partial charge is 0.476 e. The number of carbonyl (C=O) groups is 1. The lowest BCUT2D eigenvalue weighted by Gasteiger charge is -2.05. The fraction of sp³-hybridized carbons (Fsp3) is 0. The SMILES string of the molecule is O=C(O)c1cnnn1-c1cc(Cl)ccc1Br. The molecule has 0 bridgehead atoms. The minimum absolute atomic E-state index is 0.0250. The van der Waals surface area contributed by atoms with Crippen LogP contribution in [0.2, 0.25) is 5.02 Å². The number of aromatic nitrogens is 3. The third-order valence-corrected chi connectivity index (χ3v) is 2.81. The fourth-order valence-electron chi connectivity index (χ4n) is 1.21. The standard InChI is InChI=1S/C9H5BrClN3O2/c10-6-2-1-5(11)3-7(6)14-8(9(15)16)4-12-13-14/h1-4H,(H,15,16). The van der Waals surface area contributed by atoms with E-state index in [0.29, 0.717) is 15.2 Å². The van der Waals surface area contributed by atoms with Gasteiger partial charge in [0.1, 0.15) is 0 Å². The molecular formula is C9H5BrClN3O2. The van der Waals surface area contributed by atoms with Gasteiger partial charge in [0.15, 0.2) is 5.69 Å². The third-order valence-electron chi connectivity index (χ3n) is 1.90. The number of hydrogen-bond donors (Lipinski definition) is 1. The lowest BCUT2D eigenvalue weighted by Crippen LogP contribution is -2.08. The Labute approximate surface area is 104 Å². The zero-order valence-corrected chi connectivity index (χ0v) is 10.1. The van der Waals surface area contributed by atoms with Crippen LogP contribution in [0.1, 0.15) is 10.5 Å².